The second kappa shape index (κ2) is 8.57. The van der Waals surface area contributed by atoms with Crippen LogP contribution in [0.4, 0.5) is 18.9 Å². The number of carbonyl (C=O) groups excluding carboxylic acids is 2. The molecule has 1 aromatic carbocycles. The molecule has 8 heteroatoms. The van der Waals surface area contributed by atoms with Gasteiger partial charge in [-0.05, 0) is 44.2 Å². The van der Waals surface area contributed by atoms with Gasteiger partial charge in [0, 0.05) is 12.6 Å². The molecule has 0 aliphatic carbocycles. The lowest BCUT2D eigenvalue weighted by molar-refractivity contribution is -0.137. The molecule has 0 unspecified atom stereocenters. The number of nitrogens with zero attached hydrogens (tertiary/aromatic N) is 1. The van der Waals surface area contributed by atoms with Gasteiger partial charge in [-0.25, -0.2) is 0 Å². The zero-order chi connectivity index (χ0) is 20.0. The van der Waals surface area contributed by atoms with E-state index in [1.807, 2.05) is 0 Å². The number of halogens is 3. The summed E-state index contributed by atoms with van der Waals surface area (Å²) < 4.78 is 44.3. The summed E-state index contributed by atoms with van der Waals surface area (Å²) >= 11 is 0. The van der Waals surface area contributed by atoms with Gasteiger partial charge >= 0.3 is 6.18 Å². The zero-order valence-corrected chi connectivity index (χ0v) is 14.8. The van der Waals surface area contributed by atoms with Crippen LogP contribution >= 0.6 is 0 Å². The third-order valence-corrected chi connectivity index (χ3v) is 3.69. The Morgan fingerprint density at radius 1 is 1.19 bits per heavy atom. The molecule has 1 N–H and O–H groups in total. The Balaban J connectivity index is 2.03. The number of likely N-dealkylation sites (N-methyl/N-ethyl adjacent to an activating group) is 1. The molecule has 0 bridgehead atoms. The summed E-state index contributed by atoms with van der Waals surface area (Å²) in [6.07, 6.45) is -1.87. The number of nitrogens with one attached hydrogen (secondary N) is 1. The second-order valence-corrected chi connectivity index (χ2v) is 5.73. The Morgan fingerprint density at radius 2 is 1.89 bits per heavy atom. The first kappa shape index (κ1) is 20.3. The molecule has 0 aliphatic heterocycles. The molecule has 27 heavy (non-hydrogen) atoms. The first-order chi connectivity index (χ1) is 12.7. The predicted octanol–water partition coefficient (Wildman–Crippen LogP) is 4.11. The topological polar surface area (TPSA) is 62.6 Å². The van der Waals surface area contributed by atoms with Crippen LogP contribution in [-0.2, 0) is 15.8 Å². The van der Waals surface area contributed by atoms with Crippen molar-refractivity contribution in [3.63, 3.8) is 0 Å². The quantitative estimate of drug-likeness (QED) is 0.768. The Kier molecular flexibility index (Phi) is 6.44. The molecule has 0 atom stereocenters. The predicted molar refractivity (Wildman–Crippen MR) is 94.8 cm³/mol. The number of hydrogen-bond acceptors (Lipinski definition) is 3. The van der Waals surface area contributed by atoms with Crippen molar-refractivity contribution < 1.29 is 27.2 Å². The largest absolute Gasteiger partial charge is 0.462 e. The van der Waals surface area contributed by atoms with Crippen LogP contribution in [0, 0.1) is 6.92 Å². The highest BCUT2D eigenvalue weighted by molar-refractivity contribution is 5.98. The fourth-order valence-corrected chi connectivity index (χ4v) is 2.35. The molecule has 0 fully saturated rings. The molecule has 0 saturated heterocycles. The number of rotatable bonds is 6. The average molecular weight is 380 g/mol. The SMILES string of the molecule is CCN(CC(=O)Nc1ccccc1C(F)(F)F)C(=O)/C=C/c1ccc(C)o1. The molecule has 1 heterocycles. The molecule has 2 rings (SSSR count). The lowest BCUT2D eigenvalue weighted by atomic mass is 10.1. The summed E-state index contributed by atoms with van der Waals surface area (Å²) in [7, 11) is 0. The summed E-state index contributed by atoms with van der Waals surface area (Å²) in [5, 5.41) is 2.22. The van der Waals surface area contributed by atoms with E-state index in [1.54, 1.807) is 26.0 Å². The van der Waals surface area contributed by atoms with Gasteiger partial charge in [-0.15, -0.1) is 0 Å². The maximum atomic E-state index is 13.0. The highest BCUT2D eigenvalue weighted by Crippen LogP contribution is 2.34. The van der Waals surface area contributed by atoms with Gasteiger partial charge in [0.25, 0.3) is 0 Å². The van der Waals surface area contributed by atoms with Crippen molar-refractivity contribution >= 4 is 23.6 Å². The van der Waals surface area contributed by atoms with Crippen molar-refractivity contribution in [2.75, 3.05) is 18.4 Å². The third kappa shape index (κ3) is 5.73. The van der Waals surface area contributed by atoms with E-state index in [-0.39, 0.29) is 18.8 Å². The number of anilines is 1. The van der Waals surface area contributed by atoms with Crippen LogP contribution in [0.3, 0.4) is 0 Å². The Bertz CT molecular complexity index is 841. The molecule has 0 spiro atoms. The third-order valence-electron chi connectivity index (χ3n) is 3.69. The average Bonchev–Trinajstić information content (AvgIpc) is 3.02. The second-order valence-electron chi connectivity index (χ2n) is 5.73. The highest BCUT2D eigenvalue weighted by atomic mass is 19.4. The van der Waals surface area contributed by atoms with Gasteiger partial charge in [0.1, 0.15) is 18.1 Å². The standard InChI is InChI=1S/C19H19F3N2O3/c1-3-24(18(26)11-10-14-9-8-13(2)27-14)12-17(25)23-16-7-5-4-6-15(16)19(20,21)22/h4-11H,3,12H2,1-2H3,(H,23,25)/b11-10+. The van der Waals surface area contributed by atoms with Crippen molar-refractivity contribution in [3.05, 3.63) is 59.6 Å². The Morgan fingerprint density at radius 3 is 2.48 bits per heavy atom. The Hall–Kier alpha value is -3.03. The van der Waals surface area contributed by atoms with Crippen LogP contribution in [-0.4, -0.2) is 29.8 Å². The van der Waals surface area contributed by atoms with Crippen molar-refractivity contribution in [2.24, 2.45) is 0 Å². The number of furan rings is 1. The van der Waals surface area contributed by atoms with E-state index in [9.17, 15) is 22.8 Å². The number of carbonyl (C=O) groups is 2. The molecular formula is C19H19F3N2O3. The number of aryl methyl sites for hydroxylation is 1. The van der Waals surface area contributed by atoms with Crippen LogP contribution in [0.2, 0.25) is 0 Å². The summed E-state index contributed by atoms with van der Waals surface area (Å²) in [4.78, 5) is 25.5. The van der Waals surface area contributed by atoms with Gasteiger partial charge in [0.05, 0.1) is 11.3 Å². The number of benzene rings is 1. The van der Waals surface area contributed by atoms with Crippen LogP contribution in [0.15, 0.2) is 46.9 Å². The molecule has 0 radical (unpaired) electrons. The van der Waals surface area contributed by atoms with E-state index in [2.05, 4.69) is 5.32 Å². The summed E-state index contributed by atoms with van der Waals surface area (Å²) in [6.45, 7) is 3.28. The van der Waals surface area contributed by atoms with Crippen LogP contribution in [0.5, 0.6) is 0 Å². The van der Waals surface area contributed by atoms with Gasteiger partial charge in [-0.3, -0.25) is 9.59 Å². The number of para-hydroxylation sites is 1. The van der Waals surface area contributed by atoms with Crippen molar-refractivity contribution in [3.8, 4) is 0 Å². The minimum Gasteiger partial charge on any atom is -0.462 e. The minimum atomic E-state index is -4.59. The van der Waals surface area contributed by atoms with E-state index in [0.717, 1.165) is 12.1 Å². The first-order valence-electron chi connectivity index (χ1n) is 8.20. The summed E-state index contributed by atoms with van der Waals surface area (Å²) in [5.41, 5.74) is -1.29. The number of alkyl halides is 3. The number of hydrogen-bond donors (Lipinski definition) is 1. The van der Waals surface area contributed by atoms with Crippen LogP contribution in [0.25, 0.3) is 6.08 Å². The number of amides is 2. The molecule has 1 aromatic heterocycles. The monoisotopic (exact) mass is 380 g/mol. The fourth-order valence-electron chi connectivity index (χ4n) is 2.35. The molecule has 2 amide bonds. The highest BCUT2D eigenvalue weighted by Gasteiger charge is 2.33. The maximum Gasteiger partial charge on any atom is 0.418 e. The van der Waals surface area contributed by atoms with Gasteiger partial charge in [-0.2, -0.15) is 13.2 Å². The van der Waals surface area contributed by atoms with E-state index in [1.165, 1.54) is 29.2 Å². The van der Waals surface area contributed by atoms with E-state index < -0.39 is 23.6 Å². The van der Waals surface area contributed by atoms with Gasteiger partial charge in [0.2, 0.25) is 11.8 Å². The molecule has 2 aromatic rings. The van der Waals surface area contributed by atoms with E-state index in [4.69, 9.17) is 4.42 Å². The molecule has 0 saturated carbocycles. The fraction of sp³-hybridized carbons (Fsp3) is 0.263. The normalized spacial score (nSPS) is 11.6. The molecule has 5 nitrogen and oxygen atoms in total. The van der Waals surface area contributed by atoms with Gasteiger partial charge in [-0.1, -0.05) is 12.1 Å². The summed E-state index contributed by atoms with van der Waals surface area (Å²) in [6, 6.07) is 8.11. The van der Waals surface area contributed by atoms with Crippen LogP contribution < -0.4 is 5.32 Å². The van der Waals surface area contributed by atoms with Crippen molar-refractivity contribution in [1.82, 2.24) is 4.90 Å². The van der Waals surface area contributed by atoms with Gasteiger partial charge < -0.3 is 14.6 Å². The molecule has 0 aliphatic rings. The lowest BCUT2D eigenvalue weighted by Gasteiger charge is -2.19. The summed E-state index contributed by atoms with van der Waals surface area (Å²) in [5.74, 6) is 0.00701. The van der Waals surface area contributed by atoms with Crippen LogP contribution in [0.1, 0.15) is 24.0 Å². The lowest BCUT2D eigenvalue weighted by Crippen LogP contribution is -2.37. The first-order valence-corrected chi connectivity index (χ1v) is 8.20. The van der Waals surface area contributed by atoms with Crippen molar-refractivity contribution in [1.29, 1.82) is 0 Å². The molecule has 144 valence electrons. The zero-order valence-electron chi connectivity index (χ0n) is 14.8. The van der Waals surface area contributed by atoms with E-state index >= 15 is 0 Å². The maximum absolute atomic E-state index is 13.0. The smallest absolute Gasteiger partial charge is 0.418 e. The van der Waals surface area contributed by atoms with E-state index in [0.29, 0.717) is 11.5 Å². The minimum absolute atomic E-state index is 0.217. The Labute approximate surface area is 154 Å². The molecular weight excluding hydrogens is 361 g/mol. The van der Waals surface area contributed by atoms with Gasteiger partial charge in [0.15, 0.2) is 0 Å². The van der Waals surface area contributed by atoms with Crippen molar-refractivity contribution in [2.45, 2.75) is 20.0 Å².